The third-order valence-corrected chi connectivity index (χ3v) is 7.04. The maximum absolute atomic E-state index is 13.0. The number of nitrogens with one attached hydrogen (secondary N) is 4. The molecule has 0 aromatic heterocycles. The van der Waals surface area contributed by atoms with Crippen molar-refractivity contribution in [3.63, 3.8) is 0 Å². The Labute approximate surface area is 238 Å². The number of carboxylic acid groups (broad SMARTS) is 1. The van der Waals surface area contributed by atoms with Gasteiger partial charge in [0.05, 0.1) is 12.3 Å². The average molecular weight is 555 g/mol. The Kier molecular flexibility index (Phi) is 10.0. The number of rotatable bonds is 10. The number of aliphatic hydroxyl groups is 1. The zero-order valence-electron chi connectivity index (χ0n) is 22.6. The van der Waals surface area contributed by atoms with Crippen LogP contribution in [0.15, 0.2) is 95.7 Å². The summed E-state index contributed by atoms with van der Waals surface area (Å²) in [6.45, 7) is -0.622. The van der Waals surface area contributed by atoms with Crippen LogP contribution in [0.5, 0.6) is 0 Å². The zero-order valence-corrected chi connectivity index (χ0v) is 22.6. The van der Waals surface area contributed by atoms with Crippen LogP contribution in [0.4, 0.5) is 11.4 Å². The number of anilines is 2. The Morgan fingerprint density at radius 2 is 1.61 bits per heavy atom. The molecule has 0 bridgehead atoms. The quantitative estimate of drug-likeness (QED) is 0.235. The third kappa shape index (κ3) is 8.12. The summed E-state index contributed by atoms with van der Waals surface area (Å²) in [6, 6.07) is 15.1. The summed E-state index contributed by atoms with van der Waals surface area (Å²) in [5, 5.41) is 36.0. The second-order valence-corrected chi connectivity index (χ2v) is 9.99. The lowest BCUT2D eigenvalue weighted by Crippen LogP contribution is -2.46. The first-order valence-corrected chi connectivity index (χ1v) is 13.6. The molecule has 212 valence electrons. The summed E-state index contributed by atoms with van der Waals surface area (Å²) >= 11 is 0. The Morgan fingerprint density at radius 1 is 0.927 bits per heavy atom. The number of carbonyl (C=O) groups is 3. The van der Waals surface area contributed by atoms with Gasteiger partial charge in [-0.3, -0.25) is 9.59 Å². The molecule has 2 aliphatic rings. The van der Waals surface area contributed by atoms with E-state index in [1.54, 1.807) is 36.4 Å². The molecule has 9 heteroatoms. The summed E-state index contributed by atoms with van der Waals surface area (Å²) in [5.74, 6) is -1.97. The molecule has 1 atom stereocenters. The number of aliphatic carboxylic acids is 1. The molecule has 0 saturated heterocycles. The van der Waals surface area contributed by atoms with E-state index in [-0.39, 0.29) is 17.2 Å². The summed E-state index contributed by atoms with van der Waals surface area (Å²) in [4.78, 5) is 36.4. The van der Waals surface area contributed by atoms with E-state index < -0.39 is 30.4 Å². The minimum atomic E-state index is -1.22. The molecule has 2 aliphatic carbocycles. The van der Waals surface area contributed by atoms with Gasteiger partial charge in [0.25, 0.3) is 5.91 Å². The normalized spacial score (nSPS) is 17.5. The molecule has 0 aliphatic heterocycles. The number of aliphatic hydroxyl groups excluding tert-OH is 1. The largest absolute Gasteiger partial charge is 0.478 e. The first kappa shape index (κ1) is 29.2. The van der Waals surface area contributed by atoms with Crippen molar-refractivity contribution in [2.45, 2.75) is 38.1 Å². The number of benzene rings is 2. The molecule has 2 aromatic carbocycles. The van der Waals surface area contributed by atoms with E-state index in [0.29, 0.717) is 11.3 Å². The molecule has 9 nitrogen and oxygen atoms in total. The van der Waals surface area contributed by atoms with Gasteiger partial charge in [0.1, 0.15) is 6.04 Å². The minimum Gasteiger partial charge on any atom is -0.478 e. The van der Waals surface area contributed by atoms with Crippen LogP contribution in [0.3, 0.4) is 0 Å². The fourth-order valence-corrected chi connectivity index (χ4v) is 4.89. The predicted molar refractivity (Wildman–Crippen MR) is 159 cm³/mol. The summed E-state index contributed by atoms with van der Waals surface area (Å²) < 4.78 is 0. The van der Waals surface area contributed by atoms with Gasteiger partial charge in [-0.1, -0.05) is 55.7 Å². The van der Waals surface area contributed by atoms with E-state index in [1.807, 2.05) is 30.3 Å². The van der Waals surface area contributed by atoms with Crippen LogP contribution in [0.1, 0.15) is 37.7 Å². The van der Waals surface area contributed by atoms with Gasteiger partial charge in [-0.05, 0) is 66.8 Å². The lowest BCUT2D eigenvalue weighted by atomic mass is 9.83. The van der Waals surface area contributed by atoms with E-state index in [1.165, 1.54) is 18.6 Å². The van der Waals surface area contributed by atoms with Crippen LogP contribution >= 0.6 is 0 Å². The molecule has 0 radical (unpaired) electrons. The highest BCUT2D eigenvalue weighted by molar-refractivity contribution is 6.16. The predicted octanol–water partition coefficient (Wildman–Crippen LogP) is 4.66. The van der Waals surface area contributed by atoms with Gasteiger partial charge in [-0.15, -0.1) is 0 Å². The van der Waals surface area contributed by atoms with Crippen molar-refractivity contribution in [2.75, 3.05) is 17.2 Å². The van der Waals surface area contributed by atoms with Gasteiger partial charge in [0.15, 0.2) is 0 Å². The maximum Gasteiger partial charge on any atom is 0.328 e. The molecular weight excluding hydrogens is 520 g/mol. The standard InChI is InChI=1S/C32H34N4O5/c33-27-19-23(14-17-26(27)30(22-7-3-1-4-8-22)34-24-9-5-2-6-10-24)31(40)36-28(20-37)32(41)35-25-15-11-21(12-16-25)13-18-29(38)39/h2,5-6,9-19,22,28,33-34,37H,1,3-4,7-8,20H2,(H,35,41)(H,36,40)(H,38,39)/b18-13+,30-26-,33-27?/t28-/m0/s1. The minimum absolute atomic E-state index is 0.198. The van der Waals surface area contributed by atoms with Crippen molar-refractivity contribution in [1.82, 2.24) is 5.32 Å². The van der Waals surface area contributed by atoms with Gasteiger partial charge in [0.2, 0.25) is 5.91 Å². The number of hydrogen-bond donors (Lipinski definition) is 6. The van der Waals surface area contributed by atoms with Gasteiger partial charge in [-0.25, -0.2) is 4.79 Å². The lowest BCUT2D eigenvalue weighted by molar-refractivity contribution is -0.131. The van der Waals surface area contributed by atoms with Crippen LogP contribution < -0.4 is 16.0 Å². The SMILES string of the molecule is N=C1C=C(C(=O)N[C@@H](CO)C(=O)Nc2ccc(/C=C/C(=O)O)cc2)C=C/C1=C(/Nc1ccccc1)C1CCCCC1. The topological polar surface area (TPSA) is 152 Å². The average Bonchev–Trinajstić information content (AvgIpc) is 2.99. The monoisotopic (exact) mass is 554 g/mol. The maximum atomic E-state index is 13.0. The van der Waals surface area contributed by atoms with Crippen molar-refractivity contribution >= 4 is 40.9 Å². The molecule has 1 saturated carbocycles. The van der Waals surface area contributed by atoms with Gasteiger partial charge in [-0.2, -0.15) is 0 Å². The van der Waals surface area contributed by atoms with Crippen molar-refractivity contribution in [3.05, 3.63) is 101 Å². The van der Waals surface area contributed by atoms with Gasteiger partial charge >= 0.3 is 5.97 Å². The number of hydrogen-bond acceptors (Lipinski definition) is 6. The highest BCUT2D eigenvalue weighted by Crippen LogP contribution is 2.34. The Bertz CT molecular complexity index is 1400. The van der Waals surface area contributed by atoms with Gasteiger partial charge < -0.3 is 31.6 Å². The Hall–Kier alpha value is -4.76. The van der Waals surface area contributed by atoms with E-state index in [4.69, 9.17) is 10.5 Å². The van der Waals surface area contributed by atoms with Crippen molar-refractivity contribution in [3.8, 4) is 0 Å². The lowest BCUT2D eigenvalue weighted by Gasteiger charge is -2.28. The number of carbonyl (C=O) groups excluding carboxylic acids is 2. The molecular formula is C32H34N4O5. The van der Waals surface area contributed by atoms with Crippen molar-refractivity contribution in [1.29, 1.82) is 5.41 Å². The number of allylic oxidation sites excluding steroid dienone is 4. The molecule has 1 fully saturated rings. The van der Waals surface area contributed by atoms with E-state index in [2.05, 4.69) is 16.0 Å². The molecule has 2 amide bonds. The number of para-hydroxylation sites is 1. The van der Waals surface area contributed by atoms with E-state index in [9.17, 15) is 19.5 Å². The molecule has 0 spiro atoms. The first-order chi connectivity index (χ1) is 19.8. The molecule has 2 aromatic rings. The smallest absolute Gasteiger partial charge is 0.328 e. The van der Waals surface area contributed by atoms with E-state index in [0.717, 1.165) is 48.7 Å². The zero-order chi connectivity index (χ0) is 29.2. The second kappa shape index (κ2) is 14.0. The highest BCUT2D eigenvalue weighted by atomic mass is 16.4. The third-order valence-electron chi connectivity index (χ3n) is 7.04. The summed E-state index contributed by atoms with van der Waals surface area (Å²) in [5.41, 5.74) is 4.11. The van der Waals surface area contributed by atoms with Gasteiger partial charge in [0, 0.05) is 34.3 Å². The first-order valence-electron chi connectivity index (χ1n) is 13.6. The molecule has 0 heterocycles. The molecule has 4 rings (SSSR count). The van der Waals surface area contributed by atoms with Crippen LogP contribution in [-0.4, -0.2) is 46.4 Å². The Morgan fingerprint density at radius 3 is 2.24 bits per heavy atom. The van der Waals surface area contributed by atoms with E-state index >= 15 is 0 Å². The Balaban J connectivity index is 1.44. The fourth-order valence-electron chi connectivity index (χ4n) is 4.89. The number of amides is 2. The fraction of sp³-hybridized carbons (Fsp3) is 0.250. The highest BCUT2D eigenvalue weighted by Gasteiger charge is 2.26. The number of carboxylic acids is 1. The van der Waals surface area contributed by atoms with Crippen molar-refractivity contribution in [2.24, 2.45) is 5.92 Å². The molecule has 6 N–H and O–H groups in total. The second-order valence-electron chi connectivity index (χ2n) is 9.99. The van der Waals surface area contributed by atoms with Crippen LogP contribution in [0.25, 0.3) is 6.08 Å². The summed E-state index contributed by atoms with van der Waals surface area (Å²) in [7, 11) is 0. The summed E-state index contributed by atoms with van der Waals surface area (Å²) in [6.07, 6.45) is 12.9. The van der Waals surface area contributed by atoms with Crippen LogP contribution in [-0.2, 0) is 14.4 Å². The van der Waals surface area contributed by atoms with Crippen LogP contribution in [0, 0.1) is 11.3 Å². The molecule has 0 unspecified atom stereocenters. The van der Waals surface area contributed by atoms with Crippen LogP contribution in [0.2, 0.25) is 0 Å². The van der Waals surface area contributed by atoms with Crippen molar-refractivity contribution < 1.29 is 24.6 Å². The molecule has 41 heavy (non-hydrogen) atoms.